The third-order valence-corrected chi connectivity index (χ3v) is 2.15. The van der Waals surface area contributed by atoms with Crippen molar-refractivity contribution in [3.63, 3.8) is 0 Å². The summed E-state index contributed by atoms with van der Waals surface area (Å²) in [4.78, 5) is 11.5. The minimum absolute atomic E-state index is 0.0941. The summed E-state index contributed by atoms with van der Waals surface area (Å²) in [7, 11) is 0. The molecule has 1 amide bonds. The SMILES string of the molecule is CC(C)(C)NC(=O)C[C@@H]1CCNC1. The van der Waals surface area contributed by atoms with Crippen molar-refractivity contribution in [2.24, 2.45) is 5.92 Å². The monoisotopic (exact) mass is 184 g/mol. The molecule has 0 radical (unpaired) electrons. The van der Waals surface area contributed by atoms with Gasteiger partial charge in [0, 0.05) is 12.0 Å². The molecular formula is C10H20N2O. The van der Waals surface area contributed by atoms with Gasteiger partial charge in [-0.1, -0.05) is 0 Å². The molecule has 1 aliphatic rings. The van der Waals surface area contributed by atoms with Gasteiger partial charge in [0.1, 0.15) is 0 Å². The molecule has 3 heteroatoms. The zero-order valence-electron chi connectivity index (χ0n) is 8.81. The van der Waals surface area contributed by atoms with E-state index in [0.29, 0.717) is 12.3 Å². The third-order valence-electron chi connectivity index (χ3n) is 2.15. The van der Waals surface area contributed by atoms with E-state index in [0.717, 1.165) is 19.5 Å². The molecule has 0 unspecified atom stereocenters. The van der Waals surface area contributed by atoms with E-state index < -0.39 is 0 Å². The van der Waals surface area contributed by atoms with Crippen LogP contribution < -0.4 is 10.6 Å². The van der Waals surface area contributed by atoms with Gasteiger partial charge in [-0.2, -0.15) is 0 Å². The Labute approximate surface area is 80.3 Å². The maximum Gasteiger partial charge on any atom is 0.220 e. The second-order valence-corrected chi connectivity index (χ2v) is 4.86. The zero-order chi connectivity index (χ0) is 9.90. The Hall–Kier alpha value is -0.570. The summed E-state index contributed by atoms with van der Waals surface area (Å²) in [5.41, 5.74) is -0.0941. The van der Waals surface area contributed by atoms with Crippen LogP contribution >= 0.6 is 0 Å². The van der Waals surface area contributed by atoms with E-state index in [1.165, 1.54) is 0 Å². The lowest BCUT2D eigenvalue weighted by Gasteiger charge is -2.21. The van der Waals surface area contributed by atoms with Crippen LogP contribution in [0, 0.1) is 5.92 Å². The minimum atomic E-state index is -0.0941. The Kier molecular flexibility index (Phi) is 3.31. The second-order valence-electron chi connectivity index (χ2n) is 4.86. The summed E-state index contributed by atoms with van der Waals surface area (Å²) in [5, 5.41) is 6.24. The fourth-order valence-corrected chi connectivity index (χ4v) is 1.62. The molecule has 1 atom stereocenters. The number of rotatable bonds is 2. The van der Waals surface area contributed by atoms with Gasteiger partial charge in [0.05, 0.1) is 0 Å². The molecule has 1 heterocycles. The molecule has 1 rings (SSSR count). The molecule has 1 aliphatic heterocycles. The molecule has 0 aliphatic carbocycles. The number of nitrogens with one attached hydrogen (secondary N) is 2. The van der Waals surface area contributed by atoms with Crippen LogP contribution in [0.3, 0.4) is 0 Å². The van der Waals surface area contributed by atoms with E-state index in [2.05, 4.69) is 10.6 Å². The first-order valence-electron chi connectivity index (χ1n) is 4.99. The van der Waals surface area contributed by atoms with Gasteiger partial charge in [-0.3, -0.25) is 4.79 Å². The predicted octanol–water partition coefficient (Wildman–Crippen LogP) is 0.901. The highest BCUT2D eigenvalue weighted by Crippen LogP contribution is 2.12. The topological polar surface area (TPSA) is 41.1 Å². The lowest BCUT2D eigenvalue weighted by atomic mass is 10.0. The highest BCUT2D eigenvalue weighted by Gasteiger charge is 2.20. The first-order valence-corrected chi connectivity index (χ1v) is 4.99. The van der Waals surface area contributed by atoms with Gasteiger partial charge in [-0.05, 0) is 46.2 Å². The van der Waals surface area contributed by atoms with Crippen molar-refractivity contribution < 1.29 is 4.79 Å². The van der Waals surface area contributed by atoms with Gasteiger partial charge in [0.15, 0.2) is 0 Å². The van der Waals surface area contributed by atoms with Crippen LogP contribution in [0.25, 0.3) is 0 Å². The Balaban J connectivity index is 2.24. The highest BCUT2D eigenvalue weighted by molar-refractivity contribution is 5.76. The summed E-state index contributed by atoms with van der Waals surface area (Å²) < 4.78 is 0. The molecule has 0 aromatic rings. The lowest BCUT2D eigenvalue weighted by Crippen LogP contribution is -2.41. The number of carbonyl (C=O) groups excluding carboxylic acids is 1. The van der Waals surface area contributed by atoms with Crippen molar-refractivity contribution in [3.05, 3.63) is 0 Å². The smallest absolute Gasteiger partial charge is 0.220 e. The Morgan fingerprint density at radius 2 is 2.23 bits per heavy atom. The van der Waals surface area contributed by atoms with Crippen molar-refractivity contribution in [2.45, 2.75) is 39.2 Å². The largest absolute Gasteiger partial charge is 0.352 e. The first kappa shape index (κ1) is 10.5. The molecule has 0 bridgehead atoms. The molecule has 76 valence electrons. The molecule has 1 fully saturated rings. The van der Waals surface area contributed by atoms with Gasteiger partial charge in [0.2, 0.25) is 5.91 Å². The normalized spacial score (nSPS) is 23.2. The van der Waals surface area contributed by atoms with Crippen LogP contribution in [0.2, 0.25) is 0 Å². The number of amides is 1. The Morgan fingerprint density at radius 3 is 2.69 bits per heavy atom. The molecule has 3 nitrogen and oxygen atoms in total. The van der Waals surface area contributed by atoms with Crippen LogP contribution in [0.15, 0.2) is 0 Å². The number of carbonyl (C=O) groups is 1. The van der Waals surface area contributed by atoms with Crippen LogP contribution in [-0.2, 0) is 4.79 Å². The van der Waals surface area contributed by atoms with E-state index in [9.17, 15) is 4.79 Å². The van der Waals surface area contributed by atoms with Crippen LogP contribution in [0.4, 0.5) is 0 Å². The van der Waals surface area contributed by atoms with Crippen molar-refractivity contribution in [3.8, 4) is 0 Å². The van der Waals surface area contributed by atoms with Crippen molar-refractivity contribution in [1.82, 2.24) is 10.6 Å². The summed E-state index contributed by atoms with van der Waals surface area (Å²) in [6.07, 6.45) is 1.81. The molecule has 0 aromatic heterocycles. The summed E-state index contributed by atoms with van der Waals surface area (Å²) in [6.45, 7) is 8.10. The standard InChI is InChI=1S/C10H20N2O/c1-10(2,3)12-9(13)6-8-4-5-11-7-8/h8,11H,4-7H2,1-3H3,(H,12,13)/t8-/m0/s1. The quantitative estimate of drug-likeness (QED) is 0.669. The maximum atomic E-state index is 11.5. The van der Waals surface area contributed by atoms with Gasteiger partial charge < -0.3 is 10.6 Å². The average molecular weight is 184 g/mol. The molecular weight excluding hydrogens is 164 g/mol. The average Bonchev–Trinajstić information content (AvgIpc) is 2.34. The van der Waals surface area contributed by atoms with E-state index in [-0.39, 0.29) is 11.4 Å². The van der Waals surface area contributed by atoms with Crippen LogP contribution in [0.5, 0.6) is 0 Å². The van der Waals surface area contributed by atoms with Crippen LogP contribution in [-0.4, -0.2) is 24.5 Å². The van der Waals surface area contributed by atoms with Gasteiger partial charge >= 0.3 is 0 Å². The van der Waals surface area contributed by atoms with Crippen LogP contribution in [0.1, 0.15) is 33.6 Å². The molecule has 0 saturated carbocycles. The lowest BCUT2D eigenvalue weighted by molar-refractivity contribution is -0.123. The van der Waals surface area contributed by atoms with E-state index >= 15 is 0 Å². The van der Waals surface area contributed by atoms with E-state index in [1.54, 1.807) is 0 Å². The summed E-state index contributed by atoms with van der Waals surface area (Å²) in [6, 6.07) is 0. The van der Waals surface area contributed by atoms with E-state index in [1.807, 2.05) is 20.8 Å². The zero-order valence-corrected chi connectivity index (χ0v) is 8.81. The van der Waals surface area contributed by atoms with E-state index in [4.69, 9.17) is 0 Å². The fraction of sp³-hybridized carbons (Fsp3) is 0.900. The van der Waals surface area contributed by atoms with Gasteiger partial charge in [0.25, 0.3) is 0 Å². The minimum Gasteiger partial charge on any atom is -0.352 e. The van der Waals surface area contributed by atoms with Gasteiger partial charge in [-0.25, -0.2) is 0 Å². The molecule has 1 saturated heterocycles. The summed E-state index contributed by atoms with van der Waals surface area (Å²) in [5.74, 6) is 0.726. The van der Waals surface area contributed by atoms with Crippen molar-refractivity contribution >= 4 is 5.91 Å². The second kappa shape index (κ2) is 4.09. The molecule has 13 heavy (non-hydrogen) atoms. The predicted molar refractivity (Wildman–Crippen MR) is 53.5 cm³/mol. The van der Waals surface area contributed by atoms with Crippen molar-refractivity contribution in [2.75, 3.05) is 13.1 Å². The highest BCUT2D eigenvalue weighted by atomic mass is 16.1. The van der Waals surface area contributed by atoms with Crippen molar-refractivity contribution in [1.29, 1.82) is 0 Å². The first-order chi connectivity index (χ1) is 5.97. The third kappa shape index (κ3) is 4.27. The molecule has 0 spiro atoms. The van der Waals surface area contributed by atoms with Gasteiger partial charge in [-0.15, -0.1) is 0 Å². The Morgan fingerprint density at radius 1 is 1.54 bits per heavy atom. The number of hydrogen-bond acceptors (Lipinski definition) is 2. The maximum absolute atomic E-state index is 11.5. The summed E-state index contributed by atoms with van der Waals surface area (Å²) >= 11 is 0. The fourth-order valence-electron chi connectivity index (χ4n) is 1.62. The number of hydrogen-bond donors (Lipinski definition) is 2. The molecule has 0 aromatic carbocycles. The molecule has 2 N–H and O–H groups in total. The Bertz CT molecular complexity index is 178.